The molecular formula is C16H16N2O6S. The highest BCUT2D eigenvalue weighted by Crippen LogP contribution is 2.22. The summed E-state index contributed by atoms with van der Waals surface area (Å²) in [6.07, 6.45) is 0. The Morgan fingerprint density at radius 3 is 2.20 bits per heavy atom. The summed E-state index contributed by atoms with van der Waals surface area (Å²) >= 11 is 0. The van der Waals surface area contributed by atoms with Crippen LogP contribution in [0.15, 0.2) is 59.5 Å². The number of hydrogen-bond acceptors (Lipinski definition) is 5. The molecule has 0 unspecified atom stereocenters. The van der Waals surface area contributed by atoms with E-state index in [1.165, 1.54) is 43.3 Å². The number of carboxylic acid groups (broad SMARTS) is 1. The number of nitro benzene ring substituents is 1. The van der Waals surface area contributed by atoms with Gasteiger partial charge in [-0.15, -0.1) is 0 Å². The van der Waals surface area contributed by atoms with Crippen LogP contribution in [0.5, 0.6) is 0 Å². The van der Waals surface area contributed by atoms with Crippen molar-refractivity contribution in [3.63, 3.8) is 0 Å². The first-order valence-corrected chi connectivity index (χ1v) is 8.70. The first-order valence-electron chi connectivity index (χ1n) is 7.26. The normalized spacial score (nSPS) is 12.7. The van der Waals surface area contributed by atoms with Crippen LogP contribution in [0.25, 0.3) is 0 Å². The van der Waals surface area contributed by atoms with E-state index in [-0.39, 0.29) is 17.1 Å². The first-order chi connectivity index (χ1) is 11.7. The predicted octanol–water partition coefficient (Wildman–Crippen LogP) is 2.26. The number of nitro groups is 1. The summed E-state index contributed by atoms with van der Waals surface area (Å²) in [7, 11) is -4.05. The van der Waals surface area contributed by atoms with Crippen LogP contribution in [0.4, 0.5) is 5.69 Å². The summed E-state index contributed by atoms with van der Waals surface area (Å²) in [5.41, 5.74) is 0.311. The average Bonchev–Trinajstić information content (AvgIpc) is 2.60. The summed E-state index contributed by atoms with van der Waals surface area (Å²) < 4.78 is 26.5. The lowest BCUT2D eigenvalue weighted by atomic mass is 10.2. The van der Waals surface area contributed by atoms with Crippen molar-refractivity contribution in [2.75, 3.05) is 0 Å². The van der Waals surface area contributed by atoms with E-state index in [2.05, 4.69) is 0 Å². The van der Waals surface area contributed by atoms with Gasteiger partial charge in [0.15, 0.2) is 0 Å². The van der Waals surface area contributed by atoms with Crippen LogP contribution in [-0.2, 0) is 21.4 Å². The average molecular weight is 364 g/mol. The van der Waals surface area contributed by atoms with Gasteiger partial charge in [-0.05, 0) is 24.6 Å². The van der Waals surface area contributed by atoms with E-state index in [9.17, 15) is 28.4 Å². The van der Waals surface area contributed by atoms with Crippen LogP contribution in [0.2, 0.25) is 0 Å². The van der Waals surface area contributed by atoms with Gasteiger partial charge in [-0.3, -0.25) is 14.9 Å². The van der Waals surface area contributed by atoms with Crippen LogP contribution < -0.4 is 0 Å². The number of non-ortho nitro benzene ring substituents is 1. The molecule has 0 radical (unpaired) electrons. The van der Waals surface area contributed by atoms with Gasteiger partial charge >= 0.3 is 5.97 Å². The molecule has 0 aliphatic rings. The summed E-state index contributed by atoms with van der Waals surface area (Å²) in [5, 5.41) is 20.0. The molecule has 8 nitrogen and oxygen atoms in total. The second-order valence-electron chi connectivity index (χ2n) is 5.30. The van der Waals surface area contributed by atoms with Crippen molar-refractivity contribution < 1.29 is 23.2 Å². The highest BCUT2D eigenvalue weighted by Gasteiger charge is 2.33. The zero-order valence-corrected chi connectivity index (χ0v) is 14.1. The van der Waals surface area contributed by atoms with Crippen molar-refractivity contribution in [3.8, 4) is 0 Å². The van der Waals surface area contributed by atoms with Gasteiger partial charge in [0, 0.05) is 18.7 Å². The molecule has 0 fully saturated rings. The number of aliphatic carboxylic acids is 1. The molecule has 0 aromatic heterocycles. The summed E-state index contributed by atoms with van der Waals surface area (Å²) in [6.45, 7) is 1.05. The molecule has 0 aliphatic heterocycles. The second-order valence-corrected chi connectivity index (χ2v) is 7.19. The van der Waals surface area contributed by atoms with Gasteiger partial charge in [0.25, 0.3) is 5.69 Å². The fraction of sp³-hybridized carbons (Fsp3) is 0.188. The van der Waals surface area contributed by atoms with Crippen LogP contribution in [0.3, 0.4) is 0 Å². The Bertz CT molecular complexity index is 865. The summed E-state index contributed by atoms with van der Waals surface area (Å²) in [4.78, 5) is 21.5. The molecule has 2 aromatic carbocycles. The largest absolute Gasteiger partial charge is 0.480 e. The van der Waals surface area contributed by atoms with Crippen molar-refractivity contribution >= 4 is 21.7 Å². The number of carboxylic acids is 1. The first kappa shape index (κ1) is 18.6. The van der Waals surface area contributed by atoms with Gasteiger partial charge in [-0.1, -0.05) is 30.3 Å². The third-order valence-electron chi connectivity index (χ3n) is 3.62. The molecule has 0 amide bonds. The Kier molecular flexibility index (Phi) is 5.50. The summed E-state index contributed by atoms with van der Waals surface area (Å²) in [6, 6.07) is 11.5. The van der Waals surface area contributed by atoms with Crippen molar-refractivity contribution in [2.24, 2.45) is 0 Å². The van der Waals surface area contributed by atoms with Gasteiger partial charge in [0.05, 0.1) is 9.82 Å². The van der Waals surface area contributed by atoms with Gasteiger partial charge in [-0.25, -0.2) is 8.42 Å². The van der Waals surface area contributed by atoms with E-state index >= 15 is 0 Å². The minimum Gasteiger partial charge on any atom is -0.480 e. The lowest BCUT2D eigenvalue weighted by molar-refractivity contribution is -0.384. The van der Waals surface area contributed by atoms with Crippen LogP contribution in [0.1, 0.15) is 12.5 Å². The number of nitrogens with zero attached hydrogens (tertiary/aromatic N) is 2. The van der Waals surface area contributed by atoms with Gasteiger partial charge in [-0.2, -0.15) is 4.31 Å². The van der Waals surface area contributed by atoms with E-state index in [1.807, 2.05) is 0 Å². The fourth-order valence-corrected chi connectivity index (χ4v) is 3.78. The Morgan fingerprint density at radius 1 is 1.16 bits per heavy atom. The molecule has 0 saturated heterocycles. The van der Waals surface area contributed by atoms with E-state index in [0.717, 1.165) is 4.31 Å². The van der Waals surface area contributed by atoms with E-state index in [4.69, 9.17) is 0 Å². The van der Waals surface area contributed by atoms with Crippen molar-refractivity contribution in [2.45, 2.75) is 24.4 Å². The smallest absolute Gasteiger partial charge is 0.321 e. The summed E-state index contributed by atoms with van der Waals surface area (Å²) in [5.74, 6) is -1.29. The fourth-order valence-electron chi connectivity index (χ4n) is 2.18. The molecule has 2 aromatic rings. The Balaban J connectivity index is 2.40. The number of benzene rings is 2. The lowest BCUT2D eigenvalue weighted by Gasteiger charge is -2.25. The standard InChI is InChI=1S/C16H16N2O6S/c1-12(16(19)20)17(25(23,24)15-5-3-2-4-6-15)11-13-7-9-14(10-8-13)18(21)22/h2-10,12H,11H2,1H3,(H,19,20)/t12-/m0/s1. The molecule has 25 heavy (non-hydrogen) atoms. The SMILES string of the molecule is C[C@@H](C(=O)O)N(Cc1ccc([N+](=O)[O-])cc1)S(=O)(=O)c1ccccc1. The Morgan fingerprint density at radius 2 is 1.72 bits per heavy atom. The van der Waals surface area contributed by atoms with Gasteiger partial charge in [0.2, 0.25) is 10.0 Å². The number of rotatable bonds is 7. The monoisotopic (exact) mass is 364 g/mol. The minimum atomic E-state index is -4.05. The van der Waals surface area contributed by atoms with Crippen molar-refractivity contribution in [1.29, 1.82) is 0 Å². The highest BCUT2D eigenvalue weighted by atomic mass is 32.2. The second kappa shape index (κ2) is 7.41. The minimum absolute atomic E-state index is 0.0231. The number of carbonyl (C=O) groups is 1. The molecule has 9 heteroatoms. The lowest BCUT2D eigenvalue weighted by Crippen LogP contribution is -2.42. The quantitative estimate of drug-likeness (QED) is 0.595. The number of hydrogen-bond donors (Lipinski definition) is 1. The zero-order valence-electron chi connectivity index (χ0n) is 13.3. The third-order valence-corrected chi connectivity index (χ3v) is 5.56. The molecule has 0 spiro atoms. The molecule has 0 heterocycles. The molecular weight excluding hydrogens is 348 g/mol. The van der Waals surface area contributed by atoms with Crippen molar-refractivity contribution in [1.82, 2.24) is 4.31 Å². The Hall–Kier alpha value is -2.78. The molecule has 0 saturated carbocycles. The van der Waals surface area contributed by atoms with E-state index in [1.54, 1.807) is 18.2 Å². The van der Waals surface area contributed by atoms with Crippen LogP contribution in [-0.4, -0.2) is 34.8 Å². The molecule has 1 N–H and O–H groups in total. The molecule has 0 aliphatic carbocycles. The van der Waals surface area contributed by atoms with Gasteiger partial charge in [0.1, 0.15) is 6.04 Å². The van der Waals surface area contributed by atoms with Crippen LogP contribution >= 0.6 is 0 Å². The predicted molar refractivity (Wildman–Crippen MR) is 89.4 cm³/mol. The van der Waals surface area contributed by atoms with Crippen molar-refractivity contribution in [3.05, 3.63) is 70.3 Å². The number of sulfonamides is 1. The topological polar surface area (TPSA) is 118 Å². The maximum atomic E-state index is 12.8. The van der Waals surface area contributed by atoms with E-state index < -0.39 is 27.0 Å². The molecule has 1 atom stereocenters. The Labute approximate surface area is 144 Å². The highest BCUT2D eigenvalue weighted by molar-refractivity contribution is 7.89. The van der Waals surface area contributed by atoms with E-state index in [0.29, 0.717) is 5.56 Å². The zero-order chi connectivity index (χ0) is 18.6. The molecule has 2 rings (SSSR count). The maximum absolute atomic E-state index is 12.8. The molecule has 0 bridgehead atoms. The third kappa shape index (κ3) is 4.20. The van der Waals surface area contributed by atoms with Gasteiger partial charge < -0.3 is 5.11 Å². The maximum Gasteiger partial charge on any atom is 0.321 e. The molecule has 132 valence electrons. The van der Waals surface area contributed by atoms with Crippen LogP contribution in [0, 0.1) is 10.1 Å².